The third-order valence-electron chi connectivity index (χ3n) is 2.80. The van der Waals surface area contributed by atoms with E-state index >= 15 is 0 Å². The Hall–Kier alpha value is -0.980. The third kappa shape index (κ3) is 2.78. The van der Waals surface area contributed by atoms with Gasteiger partial charge in [0, 0.05) is 38.9 Å². The highest BCUT2D eigenvalue weighted by Crippen LogP contribution is 2.10. The van der Waals surface area contributed by atoms with Gasteiger partial charge in [0.1, 0.15) is 0 Å². The van der Waals surface area contributed by atoms with Gasteiger partial charge in [-0.25, -0.2) is 0 Å². The van der Waals surface area contributed by atoms with Crippen LogP contribution in [0.4, 0.5) is 0 Å². The van der Waals surface area contributed by atoms with Gasteiger partial charge < -0.3 is 10.5 Å². The number of aryl methyl sites for hydroxylation is 1. The van der Waals surface area contributed by atoms with Crippen molar-refractivity contribution in [2.24, 2.45) is 12.8 Å². The minimum atomic E-state index is 0.0738. The van der Waals surface area contributed by atoms with Gasteiger partial charge in [-0.15, -0.1) is 5.10 Å². The average Bonchev–Trinajstić information content (AvgIpc) is 2.64. The van der Waals surface area contributed by atoms with Gasteiger partial charge >= 0.3 is 0 Å². The molecule has 1 aliphatic heterocycles. The standard InChI is InChI=1S/C10H19N5O/c1-8(11)10-7-15(3-4-16-10)6-9-5-14(2)13-12-9/h5,8,10H,3-4,6-7,11H2,1-2H3. The van der Waals surface area contributed by atoms with Crippen LogP contribution in [-0.4, -0.2) is 51.7 Å². The van der Waals surface area contributed by atoms with Crippen molar-refractivity contribution >= 4 is 0 Å². The monoisotopic (exact) mass is 225 g/mol. The number of ether oxygens (including phenoxy) is 1. The molecule has 1 fully saturated rings. The molecule has 0 aromatic carbocycles. The lowest BCUT2D eigenvalue weighted by Crippen LogP contribution is -2.49. The Balaban J connectivity index is 1.90. The molecule has 2 N–H and O–H groups in total. The molecule has 0 radical (unpaired) electrons. The second kappa shape index (κ2) is 4.90. The zero-order chi connectivity index (χ0) is 11.5. The average molecular weight is 225 g/mol. The van der Waals surface area contributed by atoms with Crippen LogP contribution in [0.5, 0.6) is 0 Å². The van der Waals surface area contributed by atoms with Crippen LogP contribution in [-0.2, 0) is 18.3 Å². The molecule has 0 bridgehead atoms. The molecule has 0 saturated carbocycles. The molecule has 0 spiro atoms. The van der Waals surface area contributed by atoms with Gasteiger partial charge in [-0.2, -0.15) is 0 Å². The SMILES string of the molecule is CC(N)C1CN(Cc2cn(C)nn2)CCO1. The molecule has 0 aliphatic carbocycles. The minimum Gasteiger partial charge on any atom is -0.374 e. The lowest BCUT2D eigenvalue weighted by Gasteiger charge is -2.34. The van der Waals surface area contributed by atoms with Crippen LogP contribution in [0.1, 0.15) is 12.6 Å². The van der Waals surface area contributed by atoms with Crippen LogP contribution in [0.3, 0.4) is 0 Å². The summed E-state index contributed by atoms with van der Waals surface area (Å²) >= 11 is 0. The van der Waals surface area contributed by atoms with Gasteiger partial charge in [0.2, 0.25) is 0 Å². The molecule has 1 aromatic heterocycles. The van der Waals surface area contributed by atoms with Gasteiger partial charge in [-0.3, -0.25) is 9.58 Å². The largest absolute Gasteiger partial charge is 0.374 e. The molecule has 1 saturated heterocycles. The molecule has 2 atom stereocenters. The van der Waals surface area contributed by atoms with Crippen LogP contribution < -0.4 is 5.73 Å². The predicted molar refractivity (Wildman–Crippen MR) is 59.7 cm³/mol. The van der Waals surface area contributed by atoms with Crippen molar-refractivity contribution in [1.82, 2.24) is 19.9 Å². The van der Waals surface area contributed by atoms with E-state index in [0.29, 0.717) is 0 Å². The summed E-state index contributed by atoms with van der Waals surface area (Å²) in [4.78, 5) is 2.31. The van der Waals surface area contributed by atoms with Gasteiger partial charge in [0.15, 0.2) is 0 Å². The fourth-order valence-electron chi connectivity index (χ4n) is 1.89. The fourth-order valence-corrected chi connectivity index (χ4v) is 1.89. The molecule has 6 heteroatoms. The second-order valence-electron chi connectivity index (χ2n) is 4.39. The molecule has 6 nitrogen and oxygen atoms in total. The van der Waals surface area contributed by atoms with E-state index in [9.17, 15) is 0 Å². The van der Waals surface area contributed by atoms with E-state index in [4.69, 9.17) is 10.5 Å². The molecular weight excluding hydrogens is 206 g/mol. The maximum absolute atomic E-state index is 5.84. The van der Waals surface area contributed by atoms with E-state index in [1.807, 2.05) is 20.2 Å². The summed E-state index contributed by atoms with van der Waals surface area (Å²) in [6.45, 7) is 5.34. The van der Waals surface area contributed by atoms with Gasteiger partial charge in [-0.05, 0) is 6.92 Å². The fraction of sp³-hybridized carbons (Fsp3) is 0.800. The Bertz CT molecular complexity index is 338. The first kappa shape index (κ1) is 11.5. The minimum absolute atomic E-state index is 0.0738. The topological polar surface area (TPSA) is 69.2 Å². The Morgan fingerprint density at radius 1 is 1.69 bits per heavy atom. The molecule has 2 heterocycles. The highest BCUT2D eigenvalue weighted by atomic mass is 16.5. The summed E-state index contributed by atoms with van der Waals surface area (Å²) in [5.74, 6) is 0. The summed E-state index contributed by atoms with van der Waals surface area (Å²) in [5.41, 5.74) is 6.84. The Morgan fingerprint density at radius 3 is 3.12 bits per heavy atom. The maximum Gasteiger partial charge on any atom is 0.0967 e. The number of nitrogens with zero attached hydrogens (tertiary/aromatic N) is 4. The summed E-state index contributed by atoms with van der Waals surface area (Å²) in [7, 11) is 1.88. The highest BCUT2D eigenvalue weighted by Gasteiger charge is 2.23. The molecule has 0 amide bonds. The third-order valence-corrected chi connectivity index (χ3v) is 2.80. The van der Waals surface area contributed by atoms with Crippen molar-refractivity contribution in [2.75, 3.05) is 19.7 Å². The second-order valence-corrected chi connectivity index (χ2v) is 4.39. The lowest BCUT2D eigenvalue weighted by molar-refractivity contribution is -0.0406. The van der Waals surface area contributed by atoms with Crippen LogP contribution in [0.25, 0.3) is 0 Å². The van der Waals surface area contributed by atoms with E-state index < -0.39 is 0 Å². The van der Waals surface area contributed by atoms with E-state index in [-0.39, 0.29) is 12.1 Å². The summed E-state index contributed by atoms with van der Waals surface area (Å²) in [6, 6.07) is 0.0738. The zero-order valence-electron chi connectivity index (χ0n) is 9.83. The molecule has 16 heavy (non-hydrogen) atoms. The first-order chi connectivity index (χ1) is 7.65. The lowest BCUT2D eigenvalue weighted by atomic mass is 10.1. The van der Waals surface area contributed by atoms with Crippen molar-refractivity contribution < 1.29 is 4.74 Å². The molecule has 2 unspecified atom stereocenters. The Labute approximate surface area is 95.4 Å². The normalized spacial score (nSPS) is 24.6. The summed E-state index contributed by atoms with van der Waals surface area (Å²) in [6.07, 6.45) is 2.07. The molecule has 1 aliphatic rings. The van der Waals surface area contributed by atoms with Crippen molar-refractivity contribution in [2.45, 2.75) is 25.6 Å². The number of hydrogen-bond acceptors (Lipinski definition) is 5. The van der Waals surface area contributed by atoms with Crippen LogP contribution in [0, 0.1) is 0 Å². The first-order valence-electron chi connectivity index (χ1n) is 5.60. The van der Waals surface area contributed by atoms with Crippen molar-refractivity contribution in [3.05, 3.63) is 11.9 Å². The van der Waals surface area contributed by atoms with Gasteiger partial charge in [0.25, 0.3) is 0 Å². The number of morpholine rings is 1. The number of hydrogen-bond donors (Lipinski definition) is 1. The van der Waals surface area contributed by atoms with Gasteiger partial charge in [0.05, 0.1) is 18.4 Å². The van der Waals surface area contributed by atoms with E-state index in [1.165, 1.54) is 0 Å². The Morgan fingerprint density at radius 2 is 2.50 bits per heavy atom. The van der Waals surface area contributed by atoms with Crippen molar-refractivity contribution in [1.29, 1.82) is 0 Å². The molecule has 2 rings (SSSR count). The maximum atomic E-state index is 5.84. The number of rotatable bonds is 3. The Kier molecular flexibility index (Phi) is 3.52. The number of nitrogens with two attached hydrogens (primary N) is 1. The smallest absolute Gasteiger partial charge is 0.0967 e. The van der Waals surface area contributed by atoms with E-state index in [2.05, 4.69) is 15.2 Å². The molecule has 90 valence electrons. The first-order valence-corrected chi connectivity index (χ1v) is 5.60. The summed E-state index contributed by atoms with van der Waals surface area (Å²) in [5, 5.41) is 8.00. The van der Waals surface area contributed by atoms with Gasteiger partial charge in [-0.1, -0.05) is 5.21 Å². The number of aromatic nitrogens is 3. The zero-order valence-corrected chi connectivity index (χ0v) is 9.83. The van der Waals surface area contributed by atoms with Crippen molar-refractivity contribution in [3.63, 3.8) is 0 Å². The van der Waals surface area contributed by atoms with Crippen LogP contribution in [0.15, 0.2) is 6.20 Å². The van der Waals surface area contributed by atoms with Crippen LogP contribution >= 0.6 is 0 Å². The molecule has 1 aromatic rings. The van der Waals surface area contributed by atoms with Crippen molar-refractivity contribution in [3.8, 4) is 0 Å². The predicted octanol–water partition coefficient (Wildman–Crippen LogP) is -0.637. The van der Waals surface area contributed by atoms with Crippen LogP contribution in [0.2, 0.25) is 0 Å². The summed E-state index contributed by atoms with van der Waals surface area (Å²) < 4.78 is 7.33. The van der Waals surface area contributed by atoms with E-state index in [1.54, 1.807) is 4.68 Å². The molecular formula is C10H19N5O. The van der Waals surface area contributed by atoms with E-state index in [0.717, 1.165) is 31.9 Å². The highest BCUT2D eigenvalue weighted by molar-refractivity contribution is 4.93. The quantitative estimate of drug-likeness (QED) is 0.741.